The maximum Gasteiger partial charge on any atom is 0.227 e. The maximum atomic E-state index is 6.04. The van der Waals surface area contributed by atoms with Crippen molar-refractivity contribution in [1.29, 1.82) is 0 Å². The first-order valence-electron chi connectivity index (χ1n) is 9.34. The minimum atomic E-state index is 0.470. The molecule has 0 fully saturated rings. The molecule has 27 heavy (non-hydrogen) atoms. The van der Waals surface area contributed by atoms with Crippen LogP contribution in [-0.2, 0) is 6.54 Å². The zero-order valence-electron chi connectivity index (χ0n) is 15.2. The second-order valence-electron chi connectivity index (χ2n) is 7.46. The molecule has 0 saturated carbocycles. The highest BCUT2D eigenvalue weighted by Crippen LogP contribution is 2.37. The molecule has 0 radical (unpaired) electrons. The van der Waals surface area contributed by atoms with Crippen molar-refractivity contribution in [2.75, 3.05) is 0 Å². The van der Waals surface area contributed by atoms with E-state index in [2.05, 4.69) is 45.7 Å². The van der Waals surface area contributed by atoms with Gasteiger partial charge in [0.25, 0.3) is 0 Å². The third-order valence-corrected chi connectivity index (χ3v) is 5.67. The molecular weight excluding hydrogens is 336 g/mol. The molecule has 5 heterocycles. The van der Waals surface area contributed by atoms with Gasteiger partial charge in [-0.15, -0.1) is 0 Å². The van der Waals surface area contributed by atoms with Crippen molar-refractivity contribution in [1.82, 2.24) is 19.5 Å². The van der Waals surface area contributed by atoms with Gasteiger partial charge < -0.3 is 8.98 Å². The molecule has 5 aromatic rings. The minimum absolute atomic E-state index is 0.470. The Balaban J connectivity index is 1.61. The van der Waals surface area contributed by atoms with E-state index in [1.807, 2.05) is 25.3 Å². The largest absolute Gasteiger partial charge is 0.438 e. The fourth-order valence-electron chi connectivity index (χ4n) is 4.25. The monoisotopic (exact) mass is 354 g/mol. The molecular formula is C22H18N4O. The van der Waals surface area contributed by atoms with Crippen LogP contribution >= 0.6 is 0 Å². The van der Waals surface area contributed by atoms with Crippen molar-refractivity contribution in [3.05, 3.63) is 54.0 Å². The first-order valence-corrected chi connectivity index (χ1v) is 9.34. The van der Waals surface area contributed by atoms with E-state index in [9.17, 15) is 0 Å². The molecule has 1 aromatic carbocycles. The summed E-state index contributed by atoms with van der Waals surface area (Å²) in [6.45, 7) is 5.18. The van der Waals surface area contributed by atoms with Crippen LogP contribution in [0.1, 0.15) is 30.7 Å². The van der Waals surface area contributed by atoms with Gasteiger partial charge in [-0.25, -0.2) is 9.97 Å². The van der Waals surface area contributed by atoms with E-state index >= 15 is 0 Å². The number of furan rings is 1. The van der Waals surface area contributed by atoms with Crippen LogP contribution in [0.2, 0.25) is 0 Å². The molecule has 5 nitrogen and oxygen atoms in total. The third-order valence-electron chi connectivity index (χ3n) is 5.67. The van der Waals surface area contributed by atoms with Gasteiger partial charge in [-0.1, -0.05) is 13.0 Å². The molecule has 0 aliphatic carbocycles. The minimum Gasteiger partial charge on any atom is -0.438 e. The van der Waals surface area contributed by atoms with Gasteiger partial charge in [0.15, 0.2) is 0 Å². The predicted molar refractivity (Wildman–Crippen MR) is 106 cm³/mol. The zero-order chi connectivity index (χ0) is 18.1. The summed E-state index contributed by atoms with van der Waals surface area (Å²) in [6, 6.07) is 12.4. The first-order chi connectivity index (χ1) is 13.2. The van der Waals surface area contributed by atoms with Crippen LogP contribution in [0.3, 0.4) is 0 Å². The number of hydrogen-bond acceptors (Lipinski definition) is 4. The van der Waals surface area contributed by atoms with Crippen molar-refractivity contribution in [2.45, 2.75) is 32.7 Å². The zero-order valence-corrected chi connectivity index (χ0v) is 15.2. The van der Waals surface area contributed by atoms with Crippen LogP contribution in [0.5, 0.6) is 0 Å². The van der Waals surface area contributed by atoms with Crippen LogP contribution in [0.25, 0.3) is 44.5 Å². The summed E-state index contributed by atoms with van der Waals surface area (Å²) in [5, 5.41) is 2.14. The van der Waals surface area contributed by atoms with Gasteiger partial charge in [0.2, 0.25) is 5.71 Å². The van der Waals surface area contributed by atoms with E-state index in [1.54, 1.807) is 0 Å². The molecule has 0 saturated heterocycles. The van der Waals surface area contributed by atoms with Crippen molar-refractivity contribution in [3.8, 4) is 11.4 Å². The number of rotatable bonds is 1. The van der Waals surface area contributed by atoms with Crippen LogP contribution < -0.4 is 0 Å². The van der Waals surface area contributed by atoms with Gasteiger partial charge in [0.05, 0.1) is 16.7 Å². The van der Waals surface area contributed by atoms with E-state index in [1.165, 1.54) is 5.52 Å². The summed E-state index contributed by atoms with van der Waals surface area (Å²) in [5.41, 5.74) is 6.91. The molecule has 1 aliphatic heterocycles. The molecule has 132 valence electrons. The van der Waals surface area contributed by atoms with Crippen LogP contribution in [0.15, 0.2) is 47.0 Å². The molecule has 0 amide bonds. The molecule has 1 atom stereocenters. The molecule has 1 unspecified atom stereocenters. The van der Waals surface area contributed by atoms with Gasteiger partial charge in [-0.05, 0) is 43.7 Å². The highest BCUT2D eigenvalue weighted by Gasteiger charge is 2.24. The number of pyridine rings is 2. The predicted octanol–water partition coefficient (Wildman–Crippen LogP) is 5.21. The van der Waals surface area contributed by atoms with Crippen molar-refractivity contribution < 1.29 is 4.42 Å². The number of benzene rings is 1. The summed E-state index contributed by atoms with van der Waals surface area (Å²) in [5.74, 6) is 1.45. The topological polar surface area (TPSA) is 56.7 Å². The van der Waals surface area contributed by atoms with Gasteiger partial charge in [0, 0.05) is 40.7 Å². The van der Waals surface area contributed by atoms with Crippen LogP contribution in [0, 0.1) is 6.92 Å². The Labute approximate surface area is 155 Å². The number of nitrogens with zero attached hydrogens (tertiary/aromatic N) is 4. The second-order valence-corrected chi connectivity index (χ2v) is 7.46. The molecule has 1 aliphatic rings. The molecule has 0 N–H and O–H groups in total. The van der Waals surface area contributed by atoms with E-state index < -0.39 is 0 Å². The normalized spacial score (nSPS) is 16.6. The Morgan fingerprint density at radius 2 is 1.96 bits per heavy atom. The lowest BCUT2D eigenvalue weighted by molar-refractivity contribution is 0.553. The van der Waals surface area contributed by atoms with Crippen LogP contribution in [-0.4, -0.2) is 19.5 Å². The summed E-state index contributed by atoms with van der Waals surface area (Å²) in [7, 11) is 0. The second kappa shape index (κ2) is 5.16. The lowest BCUT2D eigenvalue weighted by atomic mass is 9.99. The lowest BCUT2D eigenvalue weighted by Crippen LogP contribution is -2.13. The smallest absolute Gasteiger partial charge is 0.227 e. The Morgan fingerprint density at radius 1 is 1.07 bits per heavy atom. The third kappa shape index (κ3) is 2.02. The van der Waals surface area contributed by atoms with Crippen molar-refractivity contribution in [2.24, 2.45) is 0 Å². The number of aryl methyl sites for hydroxylation is 2. The summed E-state index contributed by atoms with van der Waals surface area (Å²) in [4.78, 5) is 14.1. The maximum absolute atomic E-state index is 6.04. The highest BCUT2D eigenvalue weighted by molar-refractivity contribution is 6.04. The van der Waals surface area contributed by atoms with Crippen molar-refractivity contribution in [3.63, 3.8) is 0 Å². The first kappa shape index (κ1) is 14.9. The van der Waals surface area contributed by atoms with Gasteiger partial charge in [-0.2, -0.15) is 0 Å². The molecule has 6 rings (SSSR count). The lowest BCUT2D eigenvalue weighted by Gasteiger charge is -2.21. The van der Waals surface area contributed by atoms with Gasteiger partial charge in [0.1, 0.15) is 11.4 Å². The SMILES string of the molecule is Cc1ccc2c(n1)oc1cc(-c3nc4ccnc5c4n3CCC5C)ccc12. The van der Waals surface area contributed by atoms with Crippen molar-refractivity contribution >= 4 is 33.1 Å². The van der Waals surface area contributed by atoms with Gasteiger partial charge in [-0.3, -0.25) is 4.98 Å². The summed E-state index contributed by atoms with van der Waals surface area (Å²) < 4.78 is 8.35. The van der Waals surface area contributed by atoms with E-state index in [0.717, 1.165) is 57.6 Å². The van der Waals surface area contributed by atoms with Crippen LogP contribution in [0.4, 0.5) is 0 Å². The van der Waals surface area contributed by atoms with E-state index in [0.29, 0.717) is 11.6 Å². The number of aromatic nitrogens is 4. The van der Waals surface area contributed by atoms with E-state index in [-0.39, 0.29) is 0 Å². The molecule has 0 bridgehead atoms. The average molecular weight is 354 g/mol. The van der Waals surface area contributed by atoms with Gasteiger partial charge >= 0.3 is 0 Å². The fourth-order valence-corrected chi connectivity index (χ4v) is 4.25. The highest BCUT2D eigenvalue weighted by atomic mass is 16.3. The Kier molecular flexibility index (Phi) is 2.85. The number of fused-ring (bicyclic) bond motifs is 3. The molecule has 4 aromatic heterocycles. The Hall–Kier alpha value is -3.21. The quantitative estimate of drug-likeness (QED) is 0.415. The summed E-state index contributed by atoms with van der Waals surface area (Å²) >= 11 is 0. The number of imidazole rings is 1. The summed E-state index contributed by atoms with van der Waals surface area (Å²) in [6.07, 6.45) is 2.95. The number of hydrogen-bond donors (Lipinski definition) is 0. The Bertz CT molecular complexity index is 1360. The average Bonchev–Trinajstić information content (AvgIpc) is 3.22. The molecule has 0 spiro atoms. The fraction of sp³-hybridized carbons (Fsp3) is 0.227. The Morgan fingerprint density at radius 3 is 2.89 bits per heavy atom. The van der Waals surface area contributed by atoms with E-state index in [4.69, 9.17) is 9.40 Å². The molecule has 5 heteroatoms. The standard InChI is InChI=1S/C22H18N4O/c1-12-8-10-26-20-17(7-9-23-19(12)20)25-21(26)14-4-6-15-16-5-3-13(2)24-22(16)27-18(15)11-14/h3-7,9,11-12H,8,10H2,1-2H3.